The van der Waals surface area contributed by atoms with E-state index in [4.69, 9.17) is 11.1 Å². The van der Waals surface area contributed by atoms with Gasteiger partial charge < -0.3 is 5.73 Å². The molecule has 1 radical (unpaired) electrons. The van der Waals surface area contributed by atoms with E-state index in [1.54, 1.807) is 0 Å². The summed E-state index contributed by atoms with van der Waals surface area (Å²) in [6.45, 7) is 12.8. The third-order valence-corrected chi connectivity index (χ3v) is 6.08. The quantitative estimate of drug-likeness (QED) is 0.673. The van der Waals surface area contributed by atoms with E-state index >= 15 is 0 Å². The molecule has 8 heteroatoms. The number of hydrogen-bond donors (Lipinski definition) is 1. The van der Waals surface area contributed by atoms with Gasteiger partial charge in [-0.3, -0.25) is 9.80 Å². The van der Waals surface area contributed by atoms with E-state index in [0.717, 1.165) is 25.2 Å². The van der Waals surface area contributed by atoms with Gasteiger partial charge in [-0.1, -0.05) is 6.58 Å². The first-order chi connectivity index (χ1) is 10.1. The fourth-order valence-corrected chi connectivity index (χ4v) is 3.76. The molecule has 0 saturated carbocycles. The van der Waals surface area contributed by atoms with Gasteiger partial charge in [0.15, 0.2) is 0 Å². The average molecular weight is 330 g/mol. The second-order valence-electron chi connectivity index (χ2n) is 6.46. The van der Waals surface area contributed by atoms with Crippen molar-refractivity contribution < 1.29 is 8.42 Å². The first kappa shape index (κ1) is 17.8. The molecule has 0 bridgehead atoms. The van der Waals surface area contributed by atoms with E-state index in [9.17, 15) is 8.42 Å². The third-order valence-electron chi connectivity index (χ3n) is 4.78. The second kappa shape index (κ2) is 6.54. The summed E-state index contributed by atoms with van der Waals surface area (Å²) in [6.07, 6.45) is 1.35. The summed E-state index contributed by atoms with van der Waals surface area (Å²) in [5.41, 5.74) is 6.80. The summed E-state index contributed by atoms with van der Waals surface area (Å²) in [6, 6.07) is 0. The number of sulfonamides is 1. The molecule has 0 aromatic rings. The first-order valence-electron chi connectivity index (χ1n) is 7.68. The summed E-state index contributed by atoms with van der Waals surface area (Å²) >= 11 is 0. The van der Waals surface area contributed by atoms with Gasteiger partial charge in [-0.2, -0.15) is 4.31 Å². The molecule has 0 aliphatic carbocycles. The molecule has 2 aliphatic rings. The number of hydrogen-bond acceptors (Lipinski definition) is 5. The molecule has 22 heavy (non-hydrogen) atoms. The van der Waals surface area contributed by atoms with Crippen molar-refractivity contribution in [2.45, 2.75) is 25.7 Å². The molecule has 2 atom stereocenters. The number of nitrogens with two attached hydrogens (primary N) is 1. The van der Waals surface area contributed by atoms with Crippen LogP contribution in [0.25, 0.3) is 0 Å². The van der Waals surface area contributed by atoms with Crippen LogP contribution in [-0.2, 0) is 10.0 Å². The Morgan fingerprint density at radius 1 is 1.27 bits per heavy atom. The molecule has 2 fully saturated rings. The predicted molar refractivity (Wildman–Crippen MR) is 87.8 cm³/mol. The Bertz CT molecular complexity index is 511. The Kier molecular flexibility index (Phi) is 5.31. The van der Waals surface area contributed by atoms with Gasteiger partial charge in [0.25, 0.3) is 0 Å². The Morgan fingerprint density at radius 3 is 2.36 bits per heavy atom. The van der Waals surface area contributed by atoms with E-state index in [1.165, 1.54) is 10.6 Å². The van der Waals surface area contributed by atoms with E-state index < -0.39 is 15.7 Å². The maximum atomic E-state index is 11.6. The minimum atomic E-state index is -3.09. The molecule has 2 rings (SSSR count). The van der Waals surface area contributed by atoms with Gasteiger partial charge in [0, 0.05) is 45.8 Å². The zero-order valence-electron chi connectivity index (χ0n) is 13.8. The monoisotopic (exact) mass is 330 g/mol. The lowest BCUT2D eigenvalue weighted by Gasteiger charge is -2.47. The highest BCUT2D eigenvalue weighted by atomic mass is 32.2. The normalized spacial score (nSPS) is 29.2. The van der Waals surface area contributed by atoms with Gasteiger partial charge in [0.1, 0.15) is 0 Å². The summed E-state index contributed by atoms with van der Waals surface area (Å²) in [5.74, 6) is 0. The van der Waals surface area contributed by atoms with Gasteiger partial charge in [0.05, 0.1) is 18.1 Å². The lowest BCUT2D eigenvalue weighted by molar-refractivity contribution is 0.0216. The van der Waals surface area contributed by atoms with Crippen LogP contribution >= 0.6 is 0 Å². The van der Waals surface area contributed by atoms with E-state index in [2.05, 4.69) is 16.4 Å². The van der Waals surface area contributed by atoms with Gasteiger partial charge in [-0.15, -0.1) is 0 Å². The van der Waals surface area contributed by atoms with Crippen molar-refractivity contribution in [3.63, 3.8) is 0 Å². The topological polar surface area (TPSA) is 84.0 Å². The zero-order valence-corrected chi connectivity index (χ0v) is 14.6. The molecule has 2 N–H and O–H groups in total. The molecular formula is C14H28N5O2S. The maximum Gasteiger partial charge on any atom is 0.211 e. The van der Waals surface area contributed by atoms with Crippen molar-refractivity contribution in [1.29, 1.82) is 0 Å². The molecule has 0 amide bonds. The Labute approximate surface area is 134 Å². The Balaban J connectivity index is 1.95. The van der Waals surface area contributed by atoms with Crippen LogP contribution in [0.1, 0.15) is 13.8 Å². The summed E-state index contributed by atoms with van der Waals surface area (Å²) in [5, 5.41) is 4.69. The fraction of sp³-hybridized carbons (Fsp3) is 0.857. The molecule has 2 unspecified atom stereocenters. The Hall–Kier alpha value is -0.510. The number of piperazine rings is 2. The van der Waals surface area contributed by atoms with Crippen LogP contribution < -0.4 is 11.1 Å². The SMILES string of the molecule is C=C(C)C(C)(N)N1CC[N]C(N2CCN(S(C)(=O)=O)CC2)C1. The first-order valence-corrected chi connectivity index (χ1v) is 9.53. The van der Waals surface area contributed by atoms with Crippen LogP contribution in [0.3, 0.4) is 0 Å². The van der Waals surface area contributed by atoms with E-state index in [-0.39, 0.29) is 6.17 Å². The van der Waals surface area contributed by atoms with E-state index in [1.807, 2.05) is 13.8 Å². The average Bonchev–Trinajstić information content (AvgIpc) is 2.46. The lowest BCUT2D eigenvalue weighted by Crippen LogP contribution is -2.66. The van der Waals surface area contributed by atoms with Crippen LogP contribution in [0.15, 0.2) is 12.2 Å². The second-order valence-corrected chi connectivity index (χ2v) is 8.44. The smallest absolute Gasteiger partial charge is 0.211 e. The van der Waals surface area contributed by atoms with Crippen molar-refractivity contribution in [2.75, 3.05) is 52.1 Å². The molecule has 127 valence electrons. The minimum Gasteiger partial charge on any atom is -0.310 e. The van der Waals surface area contributed by atoms with Crippen molar-refractivity contribution in [1.82, 2.24) is 19.4 Å². The highest BCUT2D eigenvalue weighted by Gasteiger charge is 2.36. The van der Waals surface area contributed by atoms with Crippen molar-refractivity contribution in [2.24, 2.45) is 5.73 Å². The van der Waals surface area contributed by atoms with Crippen LogP contribution in [0.2, 0.25) is 0 Å². The van der Waals surface area contributed by atoms with Crippen molar-refractivity contribution in [3.8, 4) is 0 Å². The standard InChI is InChI=1S/C14H28N5O2S/c1-12(2)14(3,15)18-6-5-16-13(11-18)17-7-9-19(10-8-17)22(4,20)21/h13H,1,5-11,15H2,2-4H3. The summed E-state index contributed by atoms with van der Waals surface area (Å²) < 4.78 is 24.7. The lowest BCUT2D eigenvalue weighted by atomic mass is 10.0. The predicted octanol–water partition coefficient (Wildman–Crippen LogP) is -0.939. The largest absolute Gasteiger partial charge is 0.310 e. The van der Waals surface area contributed by atoms with E-state index in [0.29, 0.717) is 26.2 Å². The van der Waals surface area contributed by atoms with Gasteiger partial charge in [0.2, 0.25) is 10.0 Å². The Morgan fingerprint density at radius 2 is 1.86 bits per heavy atom. The molecule has 0 aromatic carbocycles. The molecule has 2 saturated heterocycles. The van der Waals surface area contributed by atoms with Crippen LogP contribution in [-0.4, -0.2) is 86.4 Å². The van der Waals surface area contributed by atoms with Crippen LogP contribution in [0.4, 0.5) is 0 Å². The molecule has 2 aliphatic heterocycles. The number of nitrogens with zero attached hydrogens (tertiary/aromatic N) is 4. The molecule has 0 aromatic heterocycles. The van der Waals surface area contributed by atoms with Gasteiger partial charge in [-0.05, 0) is 19.4 Å². The van der Waals surface area contributed by atoms with Crippen molar-refractivity contribution >= 4 is 10.0 Å². The molecule has 0 spiro atoms. The summed E-state index contributed by atoms with van der Waals surface area (Å²) in [4.78, 5) is 4.47. The van der Waals surface area contributed by atoms with Gasteiger partial charge >= 0.3 is 0 Å². The van der Waals surface area contributed by atoms with Crippen LogP contribution in [0, 0.1) is 0 Å². The number of rotatable bonds is 4. The third kappa shape index (κ3) is 3.87. The molecule has 7 nitrogen and oxygen atoms in total. The zero-order chi connectivity index (χ0) is 16.5. The van der Waals surface area contributed by atoms with Crippen LogP contribution in [0.5, 0.6) is 0 Å². The molecule has 2 heterocycles. The summed E-state index contributed by atoms with van der Waals surface area (Å²) in [7, 11) is -3.09. The maximum absolute atomic E-state index is 11.6. The van der Waals surface area contributed by atoms with Crippen molar-refractivity contribution in [3.05, 3.63) is 12.2 Å². The molecular weight excluding hydrogens is 302 g/mol. The minimum absolute atomic E-state index is 0.0812. The van der Waals surface area contributed by atoms with Gasteiger partial charge in [-0.25, -0.2) is 13.7 Å². The highest BCUT2D eigenvalue weighted by molar-refractivity contribution is 7.88. The fourth-order valence-electron chi connectivity index (χ4n) is 2.93. The highest BCUT2D eigenvalue weighted by Crippen LogP contribution is 2.20.